The van der Waals surface area contributed by atoms with Crippen molar-refractivity contribution in [3.05, 3.63) is 45.7 Å². The van der Waals surface area contributed by atoms with E-state index in [0.717, 1.165) is 6.20 Å². The van der Waals surface area contributed by atoms with E-state index in [1.807, 2.05) is 5.43 Å². The molecule has 2 rings (SSSR count). The number of aromatic nitrogens is 2. The number of carbonyl (C=O) groups is 1. The molecule has 3 N–H and O–H groups in total. The smallest absolute Gasteiger partial charge is 0.307 e. The van der Waals surface area contributed by atoms with E-state index in [1.54, 1.807) is 6.92 Å². The van der Waals surface area contributed by atoms with Crippen LogP contribution in [0.3, 0.4) is 0 Å². The second-order valence-corrected chi connectivity index (χ2v) is 3.82. The Kier molecular flexibility index (Phi) is 3.29. The summed E-state index contributed by atoms with van der Waals surface area (Å²) in [7, 11) is 0. The summed E-state index contributed by atoms with van der Waals surface area (Å²) in [6, 6.07) is 1.52. The number of amides is 1. The number of nitrogens with two attached hydrogens (primary N) is 1. The molecule has 0 unspecified atom stereocenters. The van der Waals surface area contributed by atoms with E-state index >= 15 is 0 Å². The number of hydrogen-bond donors (Lipinski definition) is 2. The van der Waals surface area contributed by atoms with Crippen molar-refractivity contribution >= 4 is 11.6 Å². The first-order valence-electron chi connectivity index (χ1n) is 5.28. The Labute approximate surface area is 107 Å². The molecule has 100 valence electrons. The van der Waals surface area contributed by atoms with Gasteiger partial charge in [-0.2, -0.15) is 5.10 Å². The normalized spacial score (nSPS) is 10.4. The van der Waals surface area contributed by atoms with E-state index in [1.165, 1.54) is 16.9 Å². The van der Waals surface area contributed by atoms with Gasteiger partial charge in [0.15, 0.2) is 5.76 Å². The molecule has 2 aromatic heterocycles. The summed E-state index contributed by atoms with van der Waals surface area (Å²) in [5.74, 6) is 5.06. The lowest BCUT2D eigenvalue weighted by atomic mass is 10.2. The minimum absolute atomic E-state index is 0.0802. The quantitative estimate of drug-likeness (QED) is 0.355. The maximum absolute atomic E-state index is 11.3. The molecule has 0 saturated heterocycles. The van der Waals surface area contributed by atoms with E-state index in [4.69, 9.17) is 10.3 Å². The Hall–Kier alpha value is -2.68. The van der Waals surface area contributed by atoms with Gasteiger partial charge in [0, 0.05) is 5.56 Å². The maximum Gasteiger partial charge on any atom is 0.307 e. The van der Waals surface area contributed by atoms with Gasteiger partial charge in [0.05, 0.1) is 11.5 Å². The number of nitrogen functional groups attached to an aromatic ring is 1. The molecule has 0 aliphatic rings. The molecule has 2 aromatic rings. The van der Waals surface area contributed by atoms with Crippen LogP contribution in [0.4, 0.5) is 5.69 Å². The van der Waals surface area contributed by atoms with Crippen LogP contribution >= 0.6 is 0 Å². The van der Waals surface area contributed by atoms with Crippen LogP contribution in [0.25, 0.3) is 0 Å². The Bertz CT molecular complexity index is 630. The van der Waals surface area contributed by atoms with Gasteiger partial charge in [0.1, 0.15) is 18.2 Å². The van der Waals surface area contributed by atoms with E-state index in [2.05, 4.69) is 5.10 Å². The van der Waals surface area contributed by atoms with Gasteiger partial charge in [0.25, 0.3) is 0 Å². The highest BCUT2D eigenvalue weighted by molar-refractivity contribution is 5.91. The molecule has 1 amide bonds. The molecule has 0 saturated carbocycles. The number of nitrogens with one attached hydrogen (secondary N) is 1. The number of nitrogens with zero attached hydrogens (tertiary/aromatic N) is 3. The van der Waals surface area contributed by atoms with Gasteiger partial charge in [-0.15, -0.1) is 0 Å². The van der Waals surface area contributed by atoms with E-state index in [0.29, 0.717) is 11.3 Å². The average Bonchev–Trinajstić information content (AvgIpc) is 2.97. The first-order chi connectivity index (χ1) is 9.01. The average molecular weight is 265 g/mol. The second-order valence-electron chi connectivity index (χ2n) is 3.82. The van der Waals surface area contributed by atoms with Crippen LogP contribution in [0.15, 0.2) is 22.9 Å². The van der Waals surface area contributed by atoms with E-state index in [-0.39, 0.29) is 18.0 Å². The largest absolute Gasteiger partial charge is 0.456 e. The lowest BCUT2D eigenvalue weighted by molar-refractivity contribution is -0.385. The highest BCUT2D eigenvalue weighted by atomic mass is 16.6. The Balaban J connectivity index is 2.20. The zero-order valence-electron chi connectivity index (χ0n) is 9.99. The van der Waals surface area contributed by atoms with Crippen molar-refractivity contribution in [1.82, 2.24) is 15.2 Å². The summed E-state index contributed by atoms with van der Waals surface area (Å²) < 4.78 is 6.62. The molecule has 0 aromatic carbocycles. The van der Waals surface area contributed by atoms with Crippen molar-refractivity contribution in [3.8, 4) is 0 Å². The molecule has 9 heteroatoms. The number of hydrogen-bond acceptors (Lipinski definition) is 6. The molecule has 0 bridgehead atoms. The van der Waals surface area contributed by atoms with Crippen molar-refractivity contribution in [2.75, 3.05) is 0 Å². The molecule has 0 aliphatic carbocycles. The first kappa shape index (κ1) is 12.8. The van der Waals surface area contributed by atoms with Gasteiger partial charge in [-0.3, -0.25) is 25.0 Å². The molecule has 0 atom stereocenters. The Morgan fingerprint density at radius 2 is 2.42 bits per heavy atom. The van der Waals surface area contributed by atoms with E-state index in [9.17, 15) is 14.9 Å². The molecular weight excluding hydrogens is 254 g/mol. The fraction of sp³-hybridized carbons (Fsp3) is 0.200. The number of aryl methyl sites for hydroxylation is 1. The van der Waals surface area contributed by atoms with Crippen molar-refractivity contribution in [3.63, 3.8) is 0 Å². The molecule has 19 heavy (non-hydrogen) atoms. The van der Waals surface area contributed by atoms with Crippen LogP contribution in [-0.4, -0.2) is 20.6 Å². The molecular formula is C10H11N5O4. The number of furan rings is 1. The predicted molar refractivity (Wildman–Crippen MR) is 63.1 cm³/mol. The summed E-state index contributed by atoms with van der Waals surface area (Å²) in [6.07, 6.45) is 2.46. The fourth-order valence-electron chi connectivity index (χ4n) is 1.57. The summed E-state index contributed by atoms with van der Waals surface area (Å²) in [5.41, 5.74) is 2.56. The predicted octanol–water partition coefficient (Wildman–Crippen LogP) is 0.345. The van der Waals surface area contributed by atoms with Crippen molar-refractivity contribution in [2.45, 2.75) is 13.5 Å². The number of nitro groups is 1. The second kappa shape index (κ2) is 4.90. The summed E-state index contributed by atoms with van der Waals surface area (Å²) >= 11 is 0. The highest BCUT2D eigenvalue weighted by Gasteiger charge is 2.15. The van der Waals surface area contributed by atoms with Crippen LogP contribution in [0.1, 0.15) is 21.9 Å². The third-order valence-corrected chi connectivity index (χ3v) is 2.54. The topological polar surface area (TPSA) is 129 Å². The zero-order valence-corrected chi connectivity index (χ0v) is 9.99. The van der Waals surface area contributed by atoms with Crippen molar-refractivity contribution in [2.24, 2.45) is 5.84 Å². The lowest BCUT2D eigenvalue weighted by Gasteiger charge is -1.97. The molecule has 0 radical (unpaired) electrons. The molecule has 2 heterocycles. The maximum atomic E-state index is 11.3. The molecule has 9 nitrogen and oxygen atoms in total. The van der Waals surface area contributed by atoms with Crippen LogP contribution in [-0.2, 0) is 6.54 Å². The van der Waals surface area contributed by atoms with Gasteiger partial charge in [0.2, 0.25) is 0 Å². The number of rotatable bonds is 4. The number of hydrazine groups is 1. The van der Waals surface area contributed by atoms with E-state index < -0.39 is 10.8 Å². The minimum atomic E-state index is -0.541. The van der Waals surface area contributed by atoms with Gasteiger partial charge >= 0.3 is 11.6 Å². The van der Waals surface area contributed by atoms with Crippen LogP contribution in [0, 0.1) is 17.0 Å². The van der Waals surface area contributed by atoms with Gasteiger partial charge < -0.3 is 4.42 Å². The fourth-order valence-corrected chi connectivity index (χ4v) is 1.57. The molecule has 0 spiro atoms. The summed E-state index contributed by atoms with van der Waals surface area (Å²) in [6.45, 7) is 1.95. The number of carbonyl (C=O) groups excluding carboxylic acids is 1. The van der Waals surface area contributed by atoms with Crippen LogP contribution < -0.4 is 11.3 Å². The lowest BCUT2D eigenvalue weighted by Crippen LogP contribution is -2.29. The van der Waals surface area contributed by atoms with Gasteiger partial charge in [-0.1, -0.05) is 0 Å². The van der Waals surface area contributed by atoms with Gasteiger partial charge in [-0.05, 0) is 13.0 Å². The third-order valence-electron chi connectivity index (χ3n) is 2.54. The summed E-state index contributed by atoms with van der Waals surface area (Å²) in [5, 5.41) is 14.4. The van der Waals surface area contributed by atoms with Crippen molar-refractivity contribution in [1.29, 1.82) is 0 Å². The van der Waals surface area contributed by atoms with Crippen molar-refractivity contribution < 1.29 is 14.1 Å². The minimum Gasteiger partial charge on any atom is -0.456 e. The monoisotopic (exact) mass is 265 g/mol. The highest BCUT2D eigenvalue weighted by Crippen LogP contribution is 2.17. The zero-order chi connectivity index (χ0) is 14.0. The Morgan fingerprint density at radius 1 is 1.68 bits per heavy atom. The third kappa shape index (κ3) is 2.60. The first-order valence-corrected chi connectivity index (χ1v) is 5.28. The van der Waals surface area contributed by atoms with Crippen LogP contribution in [0.5, 0.6) is 0 Å². The Morgan fingerprint density at radius 3 is 3.00 bits per heavy atom. The summed E-state index contributed by atoms with van der Waals surface area (Å²) in [4.78, 5) is 21.3. The standard InChI is InChI=1S/C10H11N5O4/c1-6-7(2-9(19-6)10(16)13-11)4-14-5-8(3-12-14)15(17)18/h2-3,5H,4,11H2,1H3,(H,13,16). The van der Waals surface area contributed by atoms with Crippen LogP contribution in [0.2, 0.25) is 0 Å². The molecule has 0 fully saturated rings. The van der Waals surface area contributed by atoms with Gasteiger partial charge in [-0.25, -0.2) is 5.84 Å². The SMILES string of the molecule is Cc1oc(C(=O)NN)cc1Cn1cc([N+](=O)[O-])cn1. The molecule has 0 aliphatic heterocycles.